The molecule has 0 heterocycles. The van der Waals surface area contributed by atoms with Crippen molar-refractivity contribution in [2.45, 2.75) is 30.2 Å². The summed E-state index contributed by atoms with van der Waals surface area (Å²) in [7, 11) is -1.91. The molecule has 23 heavy (non-hydrogen) atoms. The second-order valence-corrected chi connectivity index (χ2v) is 7.18. The molecule has 1 saturated carbocycles. The van der Waals surface area contributed by atoms with Gasteiger partial charge in [0, 0.05) is 13.2 Å². The summed E-state index contributed by atoms with van der Waals surface area (Å²) in [6.45, 7) is 1.43. The van der Waals surface area contributed by atoms with Gasteiger partial charge < -0.3 is 15.2 Å². The van der Waals surface area contributed by atoms with Crippen molar-refractivity contribution in [3.8, 4) is 5.75 Å². The van der Waals surface area contributed by atoms with Gasteiger partial charge in [-0.15, -0.1) is 12.4 Å². The summed E-state index contributed by atoms with van der Waals surface area (Å²) >= 11 is 0. The van der Waals surface area contributed by atoms with Crippen molar-refractivity contribution >= 4 is 22.4 Å². The van der Waals surface area contributed by atoms with Gasteiger partial charge in [-0.25, -0.2) is 13.1 Å². The molecule has 0 bridgehead atoms. The minimum absolute atomic E-state index is 0. The van der Waals surface area contributed by atoms with Crippen LogP contribution in [0.4, 0.5) is 0 Å². The van der Waals surface area contributed by atoms with Crippen LogP contribution in [-0.2, 0) is 14.8 Å². The van der Waals surface area contributed by atoms with Gasteiger partial charge in [-0.2, -0.15) is 0 Å². The maximum Gasteiger partial charge on any atom is 0.240 e. The lowest BCUT2D eigenvalue weighted by Crippen LogP contribution is -2.39. The zero-order chi connectivity index (χ0) is 16.0. The van der Waals surface area contributed by atoms with E-state index in [1.165, 1.54) is 0 Å². The number of nitrogens with two attached hydrogens (primary N) is 1. The third-order valence-electron chi connectivity index (χ3n) is 3.96. The maximum absolute atomic E-state index is 12.4. The molecule has 132 valence electrons. The van der Waals surface area contributed by atoms with Crippen LogP contribution in [0.2, 0.25) is 0 Å². The van der Waals surface area contributed by atoms with Gasteiger partial charge in [0.05, 0.1) is 11.5 Å². The SMILES string of the molecule is COCCOc1ccc(S(=O)(=O)NC2CCCC2CN)cc1.Cl. The molecule has 2 rings (SSSR count). The van der Waals surface area contributed by atoms with Crippen LogP contribution in [0.3, 0.4) is 0 Å². The van der Waals surface area contributed by atoms with E-state index in [0.29, 0.717) is 25.5 Å². The third kappa shape index (κ3) is 5.61. The predicted molar refractivity (Wildman–Crippen MR) is 91.6 cm³/mol. The Morgan fingerprint density at radius 3 is 2.52 bits per heavy atom. The molecule has 0 radical (unpaired) electrons. The highest BCUT2D eigenvalue weighted by molar-refractivity contribution is 7.89. The van der Waals surface area contributed by atoms with Crippen LogP contribution in [0.5, 0.6) is 5.75 Å². The van der Waals surface area contributed by atoms with Crippen LogP contribution in [-0.4, -0.2) is 41.3 Å². The average molecular weight is 365 g/mol. The van der Waals surface area contributed by atoms with Gasteiger partial charge in [0.2, 0.25) is 10.0 Å². The highest BCUT2D eigenvalue weighted by atomic mass is 35.5. The van der Waals surface area contributed by atoms with Crippen molar-refractivity contribution in [1.82, 2.24) is 4.72 Å². The van der Waals surface area contributed by atoms with Crippen molar-refractivity contribution in [3.05, 3.63) is 24.3 Å². The number of benzene rings is 1. The summed E-state index contributed by atoms with van der Waals surface area (Å²) in [6, 6.07) is 6.35. The molecular formula is C15H25ClN2O4S. The Morgan fingerprint density at radius 1 is 1.22 bits per heavy atom. The van der Waals surface area contributed by atoms with E-state index >= 15 is 0 Å². The lowest BCUT2D eigenvalue weighted by Gasteiger charge is -2.19. The molecule has 2 atom stereocenters. The lowest BCUT2D eigenvalue weighted by atomic mass is 10.1. The van der Waals surface area contributed by atoms with Gasteiger partial charge in [-0.3, -0.25) is 0 Å². The number of nitrogens with one attached hydrogen (secondary N) is 1. The standard InChI is InChI=1S/C15H24N2O4S.ClH/c1-20-9-10-21-13-5-7-14(8-6-13)22(18,19)17-15-4-2-3-12(15)11-16;/h5-8,12,15,17H,2-4,9-11,16H2,1H3;1H. The molecule has 3 N–H and O–H groups in total. The van der Waals surface area contributed by atoms with Crippen LogP contribution < -0.4 is 15.2 Å². The van der Waals surface area contributed by atoms with Crippen molar-refractivity contribution < 1.29 is 17.9 Å². The molecule has 2 unspecified atom stereocenters. The Labute approximate surface area is 144 Å². The average Bonchev–Trinajstić information content (AvgIpc) is 2.94. The number of rotatable bonds is 8. The number of hydrogen-bond acceptors (Lipinski definition) is 5. The van der Waals surface area contributed by atoms with Crippen LogP contribution in [0.15, 0.2) is 29.2 Å². The summed E-state index contributed by atoms with van der Waals surface area (Å²) in [6.07, 6.45) is 2.84. The minimum atomic E-state index is -3.51. The molecule has 1 aromatic rings. The van der Waals surface area contributed by atoms with Gasteiger partial charge in [-0.1, -0.05) is 6.42 Å². The fraction of sp³-hybridized carbons (Fsp3) is 0.600. The number of ether oxygens (including phenoxy) is 2. The third-order valence-corrected chi connectivity index (χ3v) is 5.46. The molecule has 8 heteroatoms. The second-order valence-electron chi connectivity index (χ2n) is 5.47. The van der Waals surface area contributed by atoms with Crippen molar-refractivity contribution in [3.63, 3.8) is 0 Å². The topological polar surface area (TPSA) is 90.6 Å². The molecule has 0 aliphatic heterocycles. The first-order chi connectivity index (χ1) is 10.6. The van der Waals surface area contributed by atoms with Gasteiger partial charge >= 0.3 is 0 Å². The molecule has 0 spiro atoms. The molecule has 1 aromatic carbocycles. The Morgan fingerprint density at radius 2 is 1.91 bits per heavy atom. The first-order valence-corrected chi connectivity index (χ1v) is 8.99. The lowest BCUT2D eigenvalue weighted by molar-refractivity contribution is 0.146. The highest BCUT2D eigenvalue weighted by Gasteiger charge is 2.30. The molecule has 0 aromatic heterocycles. The Balaban J connectivity index is 0.00000264. The minimum Gasteiger partial charge on any atom is -0.491 e. The summed E-state index contributed by atoms with van der Waals surface area (Å²) in [5.41, 5.74) is 5.70. The molecule has 0 saturated heterocycles. The predicted octanol–water partition coefficient (Wildman–Crippen LogP) is 1.54. The first kappa shape index (κ1) is 20.2. The number of methoxy groups -OCH3 is 1. The monoisotopic (exact) mass is 364 g/mol. The highest BCUT2D eigenvalue weighted by Crippen LogP contribution is 2.26. The number of sulfonamides is 1. The van der Waals surface area contributed by atoms with E-state index in [0.717, 1.165) is 19.3 Å². The molecule has 1 fully saturated rings. The van der Waals surface area contributed by atoms with Gasteiger partial charge in [0.15, 0.2) is 0 Å². The fourth-order valence-electron chi connectivity index (χ4n) is 2.70. The molecule has 0 amide bonds. The van der Waals surface area contributed by atoms with E-state index in [4.69, 9.17) is 15.2 Å². The van der Waals surface area contributed by atoms with Crippen LogP contribution >= 0.6 is 12.4 Å². The zero-order valence-corrected chi connectivity index (χ0v) is 14.9. The summed E-state index contributed by atoms with van der Waals surface area (Å²) < 4.78 is 37.9. The summed E-state index contributed by atoms with van der Waals surface area (Å²) in [4.78, 5) is 0.245. The van der Waals surface area contributed by atoms with E-state index in [1.54, 1.807) is 31.4 Å². The van der Waals surface area contributed by atoms with Gasteiger partial charge in [0.25, 0.3) is 0 Å². The van der Waals surface area contributed by atoms with E-state index in [9.17, 15) is 8.42 Å². The van der Waals surface area contributed by atoms with E-state index in [2.05, 4.69) is 4.72 Å². The smallest absolute Gasteiger partial charge is 0.240 e. The van der Waals surface area contributed by atoms with Gasteiger partial charge in [0.1, 0.15) is 12.4 Å². The van der Waals surface area contributed by atoms with Gasteiger partial charge in [-0.05, 0) is 49.6 Å². The molecule has 1 aliphatic rings. The van der Waals surface area contributed by atoms with E-state index < -0.39 is 10.0 Å². The van der Waals surface area contributed by atoms with E-state index in [1.807, 2.05) is 0 Å². The maximum atomic E-state index is 12.4. The quantitative estimate of drug-likeness (QED) is 0.683. The number of hydrogen-bond donors (Lipinski definition) is 2. The Kier molecular flexibility index (Phi) is 8.28. The van der Waals surface area contributed by atoms with E-state index in [-0.39, 0.29) is 29.3 Å². The molecule has 6 nitrogen and oxygen atoms in total. The van der Waals surface area contributed by atoms with Crippen molar-refractivity contribution in [1.29, 1.82) is 0 Å². The Bertz CT molecular complexity index is 565. The van der Waals surface area contributed by atoms with Crippen LogP contribution in [0.1, 0.15) is 19.3 Å². The Hall–Kier alpha value is -0.860. The number of halogens is 1. The first-order valence-electron chi connectivity index (χ1n) is 7.51. The van der Waals surface area contributed by atoms with Crippen LogP contribution in [0, 0.1) is 5.92 Å². The zero-order valence-electron chi connectivity index (χ0n) is 13.2. The van der Waals surface area contributed by atoms with Crippen molar-refractivity contribution in [2.75, 3.05) is 26.9 Å². The fourth-order valence-corrected chi connectivity index (χ4v) is 4.04. The van der Waals surface area contributed by atoms with Crippen LogP contribution in [0.25, 0.3) is 0 Å². The molecular weight excluding hydrogens is 340 g/mol. The summed E-state index contributed by atoms with van der Waals surface area (Å²) in [5, 5.41) is 0. The normalized spacial score (nSPS) is 21.0. The second kappa shape index (κ2) is 9.44. The largest absolute Gasteiger partial charge is 0.491 e. The van der Waals surface area contributed by atoms with Crippen molar-refractivity contribution in [2.24, 2.45) is 11.7 Å². The summed E-state index contributed by atoms with van der Waals surface area (Å²) in [5.74, 6) is 0.850. The molecule has 1 aliphatic carbocycles.